The average molecular weight is 420 g/mol. The van der Waals surface area contributed by atoms with E-state index in [1.807, 2.05) is 30.3 Å². The van der Waals surface area contributed by atoms with Gasteiger partial charge in [0.15, 0.2) is 5.17 Å². The summed E-state index contributed by atoms with van der Waals surface area (Å²) in [6.07, 6.45) is 1.69. The highest BCUT2D eigenvalue weighted by molar-refractivity contribution is 8.18. The second kappa shape index (κ2) is 7.75. The van der Waals surface area contributed by atoms with Crippen LogP contribution in [0.1, 0.15) is 29.5 Å². The van der Waals surface area contributed by atoms with Crippen LogP contribution in [0.5, 0.6) is 0 Å². The van der Waals surface area contributed by atoms with Crippen molar-refractivity contribution in [1.82, 2.24) is 4.90 Å². The van der Waals surface area contributed by atoms with Gasteiger partial charge in [-0.05, 0) is 46.9 Å². The minimum Gasteiger partial charge on any atom is -0.365 e. The Hall–Kier alpha value is -2.18. The summed E-state index contributed by atoms with van der Waals surface area (Å²) in [6.45, 7) is 2.16. The van der Waals surface area contributed by atoms with E-state index in [1.54, 1.807) is 0 Å². The third-order valence-corrected chi connectivity index (χ3v) is 7.28. The largest absolute Gasteiger partial charge is 0.365 e. The molecule has 0 saturated carbocycles. The molecule has 0 unspecified atom stereocenters. The van der Waals surface area contributed by atoms with Gasteiger partial charge in [-0.1, -0.05) is 54.6 Å². The summed E-state index contributed by atoms with van der Waals surface area (Å²) in [5, 5.41) is -0.990. The average Bonchev–Trinajstić information content (AvgIpc) is 3.30. The number of rotatable bonds is 2. The molecule has 0 aromatic heterocycles. The van der Waals surface area contributed by atoms with E-state index in [-0.39, 0.29) is 11.5 Å². The van der Waals surface area contributed by atoms with Crippen molar-refractivity contribution >= 4 is 51.9 Å². The van der Waals surface area contributed by atoms with Gasteiger partial charge in [0, 0.05) is 13.1 Å². The van der Waals surface area contributed by atoms with Crippen molar-refractivity contribution in [2.45, 2.75) is 30.2 Å². The molecular weight excluding hydrogens is 401 g/mol. The number of amidine groups is 1. The van der Waals surface area contributed by atoms with Gasteiger partial charge >= 0.3 is 0 Å². The third kappa shape index (κ3) is 3.70. The number of fused-ring (bicyclic) bond motifs is 2. The predicted molar refractivity (Wildman–Crippen MR) is 127 cm³/mol. The number of amides is 1. The molecule has 3 aliphatic rings. The lowest BCUT2D eigenvalue weighted by atomic mass is 9.39. The Balaban J connectivity index is 1.38. The second-order valence-electron chi connectivity index (χ2n) is 8.23. The molecular formula is C23H19B3N2O2S. The van der Waals surface area contributed by atoms with Gasteiger partial charge in [-0.3, -0.25) is 4.79 Å². The SMILES string of the molecule is [B]C([B])([B])/C(=C1\SC(N2CCC3(CC2)OCc2ccccc23)=NC1=O)c1ccccc1. The van der Waals surface area contributed by atoms with Crippen LogP contribution in [0.25, 0.3) is 5.57 Å². The fraction of sp³-hybridized carbons (Fsp3) is 0.304. The Bertz CT molecular complexity index is 1090. The molecule has 0 bridgehead atoms. The van der Waals surface area contributed by atoms with Crippen LogP contribution in [0.15, 0.2) is 64.5 Å². The summed E-state index contributed by atoms with van der Waals surface area (Å²) >= 11 is 1.30. The van der Waals surface area contributed by atoms with Gasteiger partial charge in [0.2, 0.25) is 0 Å². The number of allylic oxidation sites excluding steroid dienone is 1. The number of carbonyl (C=O) groups is 1. The lowest BCUT2D eigenvalue weighted by Crippen LogP contribution is -2.44. The van der Waals surface area contributed by atoms with Gasteiger partial charge in [0.25, 0.3) is 5.91 Å². The van der Waals surface area contributed by atoms with E-state index in [4.69, 9.17) is 28.3 Å². The minimum absolute atomic E-state index is 0.240. The first kappa shape index (κ1) is 20.7. The van der Waals surface area contributed by atoms with Gasteiger partial charge in [0.05, 0.1) is 40.7 Å². The molecule has 148 valence electrons. The Labute approximate surface area is 190 Å². The van der Waals surface area contributed by atoms with E-state index in [1.165, 1.54) is 22.9 Å². The van der Waals surface area contributed by atoms with Crippen LogP contribution in [0.4, 0.5) is 0 Å². The summed E-state index contributed by atoms with van der Waals surface area (Å²) < 4.78 is 6.25. The van der Waals surface area contributed by atoms with E-state index in [9.17, 15) is 4.79 Å². The summed E-state index contributed by atoms with van der Waals surface area (Å²) in [5.41, 5.74) is 3.44. The Morgan fingerprint density at radius 2 is 1.71 bits per heavy atom. The van der Waals surface area contributed by atoms with Crippen molar-refractivity contribution < 1.29 is 9.53 Å². The molecule has 2 aromatic rings. The van der Waals surface area contributed by atoms with Crippen LogP contribution in [0.3, 0.4) is 0 Å². The molecule has 1 spiro atoms. The molecule has 0 N–H and O–H groups in total. The molecule has 31 heavy (non-hydrogen) atoms. The molecule has 1 fully saturated rings. The number of ether oxygens (including phenoxy) is 1. The highest BCUT2D eigenvalue weighted by Gasteiger charge is 2.44. The number of carbonyl (C=O) groups excluding carboxylic acids is 1. The minimum atomic E-state index is -1.66. The lowest BCUT2D eigenvalue weighted by molar-refractivity contribution is -0.113. The van der Waals surface area contributed by atoms with Gasteiger partial charge in [-0.2, -0.15) is 4.99 Å². The van der Waals surface area contributed by atoms with Gasteiger partial charge in [-0.15, -0.1) is 5.11 Å². The third-order valence-electron chi connectivity index (χ3n) is 6.16. The zero-order chi connectivity index (χ0) is 21.6. The quantitative estimate of drug-likeness (QED) is 0.554. The van der Waals surface area contributed by atoms with Crippen molar-refractivity contribution in [3.63, 3.8) is 0 Å². The highest BCUT2D eigenvalue weighted by Crippen LogP contribution is 2.46. The first-order chi connectivity index (χ1) is 14.9. The van der Waals surface area contributed by atoms with Crippen LogP contribution in [-0.2, 0) is 21.7 Å². The Kier molecular flexibility index (Phi) is 5.18. The smallest absolute Gasteiger partial charge is 0.286 e. The maximum Gasteiger partial charge on any atom is 0.286 e. The van der Waals surface area contributed by atoms with Crippen LogP contribution in [0, 0.1) is 0 Å². The normalized spacial score (nSPS) is 21.9. The first-order valence-electron chi connectivity index (χ1n) is 10.3. The number of aliphatic imine (C=N–C) groups is 1. The van der Waals surface area contributed by atoms with Crippen LogP contribution < -0.4 is 0 Å². The van der Waals surface area contributed by atoms with Crippen LogP contribution >= 0.6 is 11.8 Å². The number of hydrogen-bond acceptors (Lipinski definition) is 4. The zero-order valence-electron chi connectivity index (χ0n) is 17.1. The molecule has 5 rings (SSSR count). The number of piperidine rings is 1. The maximum atomic E-state index is 12.8. The zero-order valence-corrected chi connectivity index (χ0v) is 17.9. The molecule has 3 heterocycles. The number of benzene rings is 2. The molecule has 3 aliphatic heterocycles. The fourth-order valence-corrected chi connectivity index (χ4v) is 5.78. The number of nitrogens with zero attached hydrogens (tertiary/aromatic N) is 2. The van der Waals surface area contributed by atoms with Crippen molar-refractivity contribution in [1.29, 1.82) is 0 Å². The van der Waals surface area contributed by atoms with E-state index >= 15 is 0 Å². The van der Waals surface area contributed by atoms with Crippen LogP contribution in [-0.4, -0.2) is 52.6 Å². The predicted octanol–water partition coefficient (Wildman–Crippen LogP) is 3.13. The summed E-state index contributed by atoms with van der Waals surface area (Å²) in [5.74, 6) is -0.354. The van der Waals surface area contributed by atoms with E-state index in [2.05, 4.69) is 34.2 Å². The summed E-state index contributed by atoms with van der Waals surface area (Å²) in [4.78, 5) is 19.7. The molecule has 0 atom stereocenters. The van der Waals surface area contributed by atoms with Crippen molar-refractivity contribution in [2.75, 3.05) is 13.1 Å². The van der Waals surface area contributed by atoms with E-state index in [0.717, 1.165) is 31.5 Å². The van der Waals surface area contributed by atoms with Crippen LogP contribution in [0.2, 0.25) is 5.11 Å². The second-order valence-corrected chi connectivity index (χ2v) is 9.21. The molecule has 6 radical (unpaired) electrons. The molecule has 8 heteroatoms. The maximum absolute atomic E-state index is 12.8. The highest BCUT2D eigenvalue weighted by atomic mass is 32.2. The van der Waals surface area contributed by atoms with Gasteiger partial charge in [-0.25, -0.2) is 0 Å². The lowest BCUT2D eigenvalue weighted by Gasteiger charge is -2.39. The number of thioether (sulfide) groups is 1. The molecule has 1 amide bonds. The summed E-state index contributed by atoms with van der Waals surface area (Å²) in [7, 11) is 18.2. The Morgan fingerprint density at radius 1 is 1.03 bits per heavy atom. The van der Waals surface area contributed by atoms with Crippen molar-refractivity contribution in [3.05, 3.63) is 76.2 Å². The topological polar surface area (TPSA) is 41.9 Å². The first-order valence-corrected chi connectivity index (χ1v) is 11.1. The van der Waals surface area contributed by atoms with Crippen molar-refractivity contribution in [2.24, 2.45) is 4.99 Å². The number of hydrogen-bond donors (Lipinski definition) is 0. The summed E-state index contributed by atoms with van der Waals surface area (Å²) in [6, 6.07) is 17.7. The molecule has 1 saturated heterocycles. The number of likely N-dealkylation sites (tertiary alicyclic amines) is 1. The fourth-order valence-electron chi connectivity index (χ4n) is 4.63. The molecule has 0 aliphatic carbocycles. The van der Waals surface area contributed by atoms with Crippen molar-refractivity contribution in [3.8, 4) is 0 Å². The standard InChI is InChI=1S/C23H19B3N2O2S/c24-23(25,26)18(15-6-2-1-3-7-15)19-20(29)27-21(31-19)28-12-10-22(11-13-28)17-9-5-4-8-16(17)14-30-22/h1-9H,10-14H2/b19-18-. The van der Waals surface area contributed by atoms with E-state index in [0.29, 0.717) is 22.3 Å². The monoisotopic (exact) mass is 420 g/mol. The van der Waals surface area contributed by atoms with Gasteiger partial charge < -0.3 is 9.64 Å². The molecule has 2 aromatic carbocycles. The molecule has 4 nitrogen and oxygen atoms in total. The Morgan fingerprint density at radius 3 is 2.42 bits per heavy atom. The van der Waals surface area contributed by atoms with Gasteiger partial charge in [0.1, 0.15) is 0 Å². The van der Waals surface area contributed by atoms with E-state index < -0.39 is 5.11 Å².